The van der Waals surface area contributed by atoms with Crippen LogP contribution in [0, 0.1) is 11.8 Å². The SMILES string of the molecule is CC(CNC(=O)c1cc(Br)cc(S(=O)(=O)Cl)c1)C1CC1. The van der Waals surface area contributed by atoms with Crippen LogP contribution >= 0.6 is 26.6 Å². The summed E-state index contributed by atoms with van der Waals surface area (Å²) in [5, 5.41) is 2.83. The van der Waals surface area contributed by atoms with Gasteiger partial charge in [0.25, 0.3) is 15.0 Å². The quantitative estimate of drug-likeness (QED) is 0.798. The number of hydrogen-bond acceptors (Lipinski definition) is 3. The first-order valence-electron chi connectivity index (χ1n) is 6.31. The maximum absolute atomic E-state index is 12.1. The number of carbonyl (C=O) groups is 1. The summed E-state index contributed by atoms with van der Waals surface area (Å²) in [6, 6.07) is 4.22. The monoisotopic (exact) mass is 379 g/mol. The largest absolute Gasteiger partial charge is 0.352 e. The van der Waals surface area contributed by atoms with Gasteiger partial charge in [0.05, 0.1) is 4.90 Å². The highest BCUT2D eigenvalue weighted by Crippen LogP contribution is 2.36. The average Bonchev–Trinajstić information content (AvgIpc) is 3.17. The van der Waals surface area contributed by atoms with Crippen molar-refractivity contribution in [1.29, 1.82) is 0 Å². The van der Waals surface area contributed by atoms with Crippen LogP contribution in [-0.2, 0) is 9.05 Å². The van der Waals surface area contributed by atoms with Gasteiger partial charge in [-0.05, 0) is 42.9 Å². The smallest absolute Gasteiger partial charge is 0.261 e. The van der Waals surface area contributed by atoms with Gasteiger partial charge in [0, 0.05) is 27.3 Å². The lowest BCUT2D eigenvalue weighted by atomic mass is 10.1. The van der Waals surface area contributed by atoms with Crippen molar-refractivity contribution >= 4 is 41.6 Å². The summed E-state index contributed by atoms with van der Waals surface area (Å²) < 4.78 is 23.2. The molecule has 1 fully saturated rings. The molecular weight excluding hydrogens is 366 g/mol. The maximum atomic E-state index is 12.1. The van der Waals surface area contributed by atoms with E-state index in [9.17, 15) is 13.2 Å². The molecule has 0 spiro atoms. The first kappa shape index (κ1) is 15.8. The van der Waals surface area contributed by atoms with Gasteiger partial charge in [-0.1, -0.05) is 22.9 Å². The molecule has 0 heterocycles. The zero-order valence-corrected chi connectivity index (χ0v) is 14.1. The van der Waals surface area contributed by atoms with Gasteiger partial charge < -0.3 is 5.32 Å². The number of rotatable bonds is 5. The zero-order chi connectivity index (χ0) is 14.9. The lowest BCUT2D eigenvalue weighted by molar-refractivity contribution is 0.0946. The molecule has 0 bridgehead atoms. The molecule has 1 amide bonds. The van der Waals surface area contributed by atoms with Gasteiger partial charge in [0.1, 0.15) is 0 Å². The minimum Gasteiger partial charge on any atom is -0.352 e. The third-order valence-electron chi connectivity index (χ3n) is 3.43. The second-order valence-corrected chi connectivity index (χ2v) is 8.62. The third kappa shape index (κ3) is 4.20. The predicted octanol–water partition coefficient (Wildman–Crippen LogP) is 3.15. The Morgan fingerprint density at radius 2 is 2.10 bits per heavy atom. The van der Waals surface area contributed by atoms with Gasteiger partial charge in [-0.15, -0.1) is 0 Å². The Labute approximate surface area is 131 Å². The Morgan fingerprint density at radius 3 is 2.65 bits per heavy atom. The number of benzene rings is 1. The number of carbonyl (C=O) groups excluding carboxylic acids is 1. The molecule has 110 valence electrons. The summed E-state index contributed by atoms with van der Waals surface area (Å²) in [5.74, 6) is 0.860. The van der Waals surface area contributed by atoms with E-state index < -0.39 is 9.05 Å². The summed E-state index contributed by atoms with van der Waals surface area (Å²) >= 11 is 3.18. The maximum Gasteiger partial charge on any atom is 0.261 e. The van der Waals surface area contributed by atoms with Crippen LogP contribution in [0.2, 0.25) is 0 Å². The van der Waals surface area contributed by atoms with E-state index in [4.69, 9.17) is 10.7 Å². The zero-order valence-electron chi connectivity index (χ0n) is 10.9. The van der Waals surface area contributed by atoms with E-state index in [-0.39, 0.29) is 16.4 Å². The molecule has 1 aromatic carbocycles. The van der Waals surface area contributed by atoms with E-state index in [0.717, 1.165) is 0 Å². The minimum absolute atomic E-state index is 0.0890. The molecule has 7 heteroatoms. The molecule has 0 aromatic heterocycles. The van der Waals surface area contributed by atoms with Crippen LogP contribution < -0.4 is 5.32 Å². The molecule has 1 saturated carbocycles. The molecule has 1 unspecified atom stereocenters. The Hall–Kier alpha value is -0.590. The lowest BCUT2D eigenvalue weighted by Crippen LogP contribution is -2.29. The molecule has 1 atom stereocenters. The van der Waals surface area contributed by atoms with Gasteiger partial charge in [0.2, 0.25) is 0 Å². The van der Waals surface area contributed by atoms with Crippen LogP contribution in [0.25, 0.3) is 0 Å². The molecule has 0 radical (unpaired) electrons. The van der Waals surface area contributed by atoms with Crippen molar-refractivity contribution in [2.45, 2.75) is 24.7 Å². The summed E-state index contributed by atoms with van der Waals surface area (Å²) in [5.41, 5.74) is 0.279. The summed E-state index contributed by atoms with van der Waals surface area (Å²) in [7, 11) is 1.45. The fraction of sp³-hybridized carbons (Fsp3) is 0.462. The first-order valence-corrected chi connectivity index (χ1v) is 9.41. The molecule has 4 nitrogen and oxygen atoms in total. The van der Waals surface area contributed by atoms with E-state index in [1.165, 1.54) is 25.0 Å². The Bertz CT molecular complexity index is 629. The molecule has 1 N–H and O–H groups in total. The lowest BCUT2D eigenvalue weighted by Gasteiger charge is -2.12. The van der Waals surface area contributed by atoms with Crippen molar-refractivity contribution in [3.05, 3.63) is 28.2 Å². The van der Waals surface area contributed by atoms with E-state index in [2.05, 4.69) is 28.2 Å². The third-order valence-corrected chi connectivity index (χ3v) is 5.22. The van der Waals surface area contributed by atoms with Crippen LogP contribution in [0.1, 0.15) is 30.1 Å². The van der Waals surface area contributed by atoms with Crippen molar-refractivity contribution in [2.24, 2.45) is 11.8 Å². The average molecular weight is 381 g/mol. The molecule has 1 aliphatic carbocycles. The van der Waals surface area contributed by atoms with Crippen LogP contribution in [0.15, 0.2) is 27.6 Å². The van der Waals surface area contributed by atoms with E-state index in [1.54, 1.807) is 6.07 Å². The summed E-state index contributed by atoms with van der Waals surface area (Å²) in [6.07, 6.45) is 2.45. The highest BCUT2D eigenvalue weighted by molar-refractivity contribution is 9.10. The minimum atomic E-state index is -3.85. The molecule has 0 saturated heterocycles. The first-order chi connectivity index (χ1) is 9.27. The van der Waals surface area contributed by atoms with Gasteiger partial charge in [-0.2, -0.15) is 0 Å². The van der Waals surface area contributed by atoms with Crippen molar-refractivity contribution < 1.29 is 13.2 Å². The Morgan fingerprint density at radius 1 is 1.45 bits per heavy atom. The predicted molar refractivity (Wildman–Crippen MR) is 81.4 cm³/mol. The van der Waals surface area contributed by atoms with E-state index >= 15 is 0 Å². The van der Waals surface area contributed by atoms with Gasteiger partial charge in [-0.3, -0.25) is 4.79 Å². The van der Waals surface area contributed by atoms with Crippen molar-refractivity contribution in [2.75, 3.05) is 6.54 Å². The van der Waals surface area contributed by atoms with Gasteiger partial charge >= 0.3 is 0 Å². The second-order valence-electron chi connectivity index (χ2n) is 5.14. The van der Waals surface area contributed by atoms with Gasteiger partial charge in [-0.25, -0.2) is 8.42 Å². The fourth-order valence-corrected chi connectivity index (χ4v) is 3.47. The standard InChI is InChI=1S/C13H15BrClNO3S/c1-8(9-2-3-9)7-16-13(17)10-4-11(14)6-12(5-10)20(15,18)19/h4-6,8-9H,2-3,7H2,1H3,(H,16,17). The molecule has 0 aliphatic heterocycles. The normalized spacial score (nSPS) is 16.8. The van der Waals surface area contributed by atoms with Crippen LogP contribution in [-0.4, -0.2) is 20.9 Å². The molecule has 2 rings (SSSR count). The molecule has 1 aromatic rings. The number of amides is 1. The van der Waals surface area contributed by atoms with Crippen molar-refractivity contribution in [1.82, 2.24) is 5.32 Å². The van der Waals surface area contributed by atoms with E-state index in [0.29, 0.717) is 22.9 Å². The number of hydrogen-bond donors (Lipinski definition) is 1. The summed E-state index contributed by atoms with van der Waals surface area (Å²) in [4.78, 5) is 12.0. The second kappa shape index (κ2) is 6.03. The van der Waals surface area contributed by atoms with Crippen LogP contribution in [0.5, 0.6) is 0 Å². The Balaban J connectivity index is 2.10. The number of halogens is 2. The molecular formula is C13H15BrClNO3S. The van der Waals surface area contributed by atoms with Crippen molar-refractivity contribution in [3.8, 4) is 0 Å². The topological polar surface area (TPSA) is 63.2 Å². The van der Waals surface area contributed by atoms with Gasteiger partial charge in [0.15, 0.2) is 0 Å². The molecule has 1 aliphatic rings. The number of nitrogens with one attached hydrogen (secondary N) is 1. The van der Waals surface area contributed by atoms with Crippen molar-refractivity contribution in [3.63, 3.8) is 0 Å². The van der Waals surface area contributed by atoms with Crippen LogP contribution in [0.4, 0.5) is 0 Å². The highest BCUT2D eigenvalue weighted by Gasteiger charge is 2.28. The van der Waals surface area contributed by atoms with Crippen LogP contribution in [0.3, 0.4) is 0 Å². The highest BCUT2D eigenvalue weighted by atomic mass is 79.9. The summed E-state index contributed by atoms with van der Waals surface area (Å²) in [6.45, 7) is 2.70. The Kier molecular flexibility index (Phi) is 4.76. The fourth-order valence-electron chi connectivity index (χ4n) is 2.02. The molecule has 20 heavy (non-hydrogen) atoms. The van der Waals surface area contributed by atoms with E-state index in [1.807, 2.05) is 0 Å².